The molecule has 0 aliphatic carbocycles. The molecular formula is C13H8Cl2IN3. The zero-order valence-electron chi connectivity index (χ0n) is 9.57. The summed E-state index contributed by atoms with van der Waals surface area (Å²) in [6, 6.07) is 11.4. The number of nitrogens with two attached hydrogens (primary N) is 1. The third-order valence-electron chi connectivity index (χ3n) is 2.80. The predicted octanol–water partition coefficient (Wildman–Crippen LogP) is 4.52. The van der Waals surface area contributed by atoms with Crippen molar-refractivity contribution in [1.29, 1.82) is 0 Å². The molecule has 0 atom stereocenters. The zero-order chi connectivity index (χ0) is 13.6. The van der Waals surface area contributed by atoms with Gasteiger partial charge in [-0.15, -0.1) is 0 Å². The van der Waals surface area contributed by atoms with Crippen molar-refractivity contribution in [3.8, 4) is 5.69 Å². The molecule has 0 amide bonds. The number of nitrogen functional groups attached to an aromatic ring is 1. The molecule has 0 saturated heterocycles. The third-order valence-corrected chi connectivity index (χ3v) is 4.21. The number of aromatic nitrogens is 2. The van der Waals surface area contributed by atoms with Gasteiger partial charge in [-0.3, -0.25) is 4.57 Å². The van der Waals surface area contributed by atoms with Gasteiger partial charge >= 0.3 is 0 Å². The lowest BCUT2D eigenvalue weighted by Crippen LogP contribution is -2.00. The topological polar surface area (TPSA) is 43.8 Å². The van der Waals surface area contributed by atoms with Crippen LogP contribution in [0.4, 0.5) is 5.95 Å². The summed E-state index contributed by atoms with van der Waals surface area (Å²) in [6.45, 7) is 0. The number of rotatable bonds is 1. The first kappa shape index (κ1) is 13.0. The highest BCUT2D eigenvalue weighted by Gasteiger charge is 2.11. The molecule has 0 unspecified atom stereocenters. The maximum Gasteiger partial charge on any atom is 0.205 e. The zero-order valence-corrected chi connectivity index (χ0v) is 13.2. The maximum atomic E-state index is 6.05. The number of benzene rings is 2. The molecule has 3 rings (SSSR count). The molecule has 0 radical (unpaired) electrons. The van der Waals surface area contributed by atoms with E-state index >= 15 is 0 Å². The molecule has 96 valence electrons. The molecule has 0 spiro atoms. The first-order valence-corrected chi connectivity index (χ1v) is 7.28. The van der Waals surface area contributed by atoms with E-state index in [2.05, 4.69) is 27.6 Å². The highest BCUT2D eigenvalue weighted by Crippen LogP contribution is 2.29. The molecule has 6 heteroatoms. The summed E-state index contributed by atoms with van der Waals surface area (Å²) >= 11 is 14.2. The van der Waals surface area contributed by atoms with E-state index in [0.29, 0.717) is 16.0 Å². The Morgan fingerprint density at radius 3 is 2.58 bits per heavy atom. The molecule has 0 aliphatic rings. The van der Waals surface area contributed by atoms with Gasteiger partial charge in [0, 0.05) is 3.57 Å². The van der Waals surface area contributed by atoms with Crippen LogP contribution in [0.1, 0.15) is 0 Å². The maximum absolute atomic E-state index is 6.05. The number of halogens is 3. The van der Waals surface area contributed by atoms with Crippen LogP contribution in [0.2, 0.25) is 10.0 Å². The van der Waals surface area contributed by atoms with E-state index < -0.39 is 0 Å². The quantitative estimate of drug-likeness (QED) is 0.607. The van der Waals surface area contributed by atoms with Crippen LogP contribution in [0.15, 0.2) is 36.4 Å². The van der Waals surface area contributed by atoms with Crippen molar-refractivity contribution in [2.75, 3.05) is 5.73 Å². The third kappa shape index (κ3) is 2.28. The highest BCUT2D eigenvalue weighted by molar-refractivity contribution is 14.1. The molecule has 0 aliphatic heterocycles. The molecular weight excluding hydrogens is 396 g/mol. The van der Waals surface area contributed by atoms with E-state index in [4.69, 9.17) is 28.9 Å². The molecule has 3 nitrogen and oxygen atoms in total. The van der Waals surface area contributed by atoms with Gasteiger partial charge in [-0.25, -0.2) is 4.98 Å². The summed E-state index contributed by atoms with van der Waals surface area (Å²) < 4.78 is 2.97. The summed E-state index contributed by atoms with van der Waals surface area (Å²) in [7, 11) is 0. The van der Waals surface area contributed by atoms with Gasteiger partial charge in [0.05, 0.1) is 26.8 Å². The Hall–Kier alpha value is -0.980. The van der Waals surface area contributed by atoms with Crippen LogP contribution in [0.3, 0.4) is 0 Å². The number of imidazole rings is 1. The molecule has 0 saturated carbocycles. The first-order valence-electron chi connectivity index (χ1n) is 5.45. The summed E-state index contributed by atoms with van der Waals surface area (Å²) in [5, 5.41) is 1.01. The van der Waals surface area contributed by atoms with Gasteiger partial charge in [0.2, 0.25) is 5.95 Å². The van der Waals surface area contributed by atoms with E-state index in [9.17, 15) is 0 Å². The van der Waals surface area contributed by atoms with E-state index in [1.807, 2.05) is 28.8 Å². The fraction of sp³-hybridized carbons (Fsp3) is 0. The van der Waals surface area contributed by atoms with Crippen molar-refractivity contribution in [2.45, 2.75) is 0 Å². The fourth-order valence-corrected chi connectivity index (χ4v) is 2.73. The highest BCUT2D eigenvalue weighted by atomic mass is 127. The van der Waals surface area contributed by atoms with E-state index in [1.165, 1.54) is 0 Å². The number of nitrogens with zero attached hydrogens (tertiary/aromatic N) is 2. The molecule has 3 aromatic rings. The molecule has 0 fully saturated rings. The second-order valence-electron chi connectivity index (χ2n) is 4.04. The van der Waals surface area contributed by atoms with Crippen LogP contribution < -0.4 is 5.73 Å². The molecule has 1 heterocycles. The van der Waals surface area contributed by atoms with Crippen LogP contribution in [0.25, 0.3) is 16.7 Å². The van der Waals surface area contributed by atoms with Gasteiger partial charge in [0.1, 0.15) is 0 Å². The lowest BCUT2D eigenvalue weighted by atomic mass is 10.3. The van der Waals surface area contributed by atoms with Crippen molar-refractivity contribution >= 4 is 62.8 Å². The van der Waals surface area contributed by atoms with E-state index in [-0.39, 0.29) is 0 Å². The SMILES string of the molecule is Nc1nc2cc(I)ccc2n1-c1ccc(Cl)c(Cl)c1. The lowest BCUT2D eigenvalue weighted by Gasteiger charge is -2.07. The van der Waals surface area contributed by atoms with Gasteiger partial charge < -0.3 is 5.73 Å². The largest absolute Gasteiger partial charge is 0.369 e. The minimum absolute atomic E-state index is 0.426. The van der Waals surface area contributed by atoms with E-state index in [0.717, 1.165) is 20.3 Å². The molecule has 19 heavy (non-hydrogen) atoms. The van der Waals surface area contributed by atoms with Crippen molar-refractivity contribution in [3.05, 3.63) is 50.0 Å². The fourth-order valence-electron chi connectivity index (χ4n) is 1.97. The Kier molecular flexibility index (Phi) is 3.32. The van der Waals surface area contributed by atoms with Crippen LogP contribution in [-0.4, -0.2) is 9.55 Å². The minimum Gasteiger partial charge on any atom is -0.369 e. The second kappa shape index (κ2) is 4.85. The lowest BCUT2D eigenvalue weighted by molar-refractivity contribution is 1.11. The van der Waals surface area contributed by atoms with Crippen LogP contribution in [0, 0.1) is 3.57 Å². The molecule has 0 bridgehead atoms. The predicted molar refractivity (Wildman–Crippen MR) is 88.2 cm³/mol. The molecule has 2 aromatic carbocycles. The van der Waals surface area contributed by atoms with Gasteiger partial charge in [-0.05, 0) is 59.0 Å². The van der Waals surface area contributed by atoms with Gasteiger partial charge in [-0.2, -0.15) is 0 Å². The van der Waals surface area contributed by atoms with Gasteiger partial charge in [0.25, 0.3) is 0 Å². The van der Waals surface area contributed by atoms with Crippen molar-refractivity contribution in [1.82, 2.24) is 9.55 Å². The monoisotopic (exact) mass is 403 g/mol. The molecule has 1 aromatic heterocycles. The second-order valence-corrected chi connectivity index (χ2v) is 6.10. The van der Waals surface area contributed by atoms with Crippen LogP contribution >= 0.6 is 45.8 Å². The van der Waals surface area contributed by atoms with Gasteiger partial charge in [0.15, 0.2) is 0 Å². The Bertz CT molecular complexity index is 783. The Morgan fingerprint density at radius 1 is 1.05 bits per heavy atom. The summed E-state index contributed by atoms with van der Waals surface area (Å²) in [6.07, 6.45) is 0. The molecule has 2 N–H and O–H groups in total. The first-order chi connectivity index (χ1) is 9.06. The Labute approximate surface area is 133 Å². The summed E-state index contributed by atoms with van der Waals surface area (Å²) in [5.74, 6) is 0.426. The van der Waals surface area contributed by atoms with E-state index in [1.54, 1.807) is 12.1 Å². The minimum atomic E-state index is 0.426. The number of anilines is 1. The smallest absolute Gasteiger partial charge is 0.205 e. The summed E-state index contributed by atoms with van der Waals surface area (Å²) in [4.78, 5) is 4.36. The van der Waals surface area contributed by atoms with Crippen molar-refractivity contribution in [3.63, 3.8) is 0 Å². The normalized spacial score (nSPS) is 11.1. The Morgan fingerprint density at radius 2 is 1.84 bits per heavy atom. The van der Waals surface area contributed by atoms with Crippen molar-refractivity contribution in [2.24, 2.45) is 0 Å². The number of hydrogen-bond donors (Lipinski definition) is 1. The summed E-state index contributed by atoms with van der Waals surface area (Å²) in [5.41, 5.74) is 8.64. The van der Waals surface area contributed by atoms with Crippen molar-refractivity contribution < 1.29 is 0 Å². The number of hydrogen-bond acceptors (Lipinski definition) is 2. The standard InChI is InChI=1S/C13H8Cl2IN3/c14-9-3-2-8(6-10(9)15)19-12-4-1-7(16)5-11(12)18-13(19)17/h1-6H,(H2,17,18). The van der Waals surface area contributed by atoms with Crippen LogP contribution in [0.5, 0.6) is 0 Å². The average Bonchev–Trinajstić information content (AvgIpc) is 2.68. The number of fused-ring (bicyclic) bond motifs is 1. The van der Waals surface area contributed by atoms with Gasteiger partial charge in [-0.1, -0.05) is 23.2 Å². The van der Waals surface area contributed by atoms with Crippen LogP contribution in [-0.2, 0) is 0 Å². The average molecular weight is 404 g/mol. The Balaban J connectivity index is 2.29.